The summed E-state index contributed by atoms with van der Waals surface area (Å²) in [7, 11) is -0.862. The number of hydrogen-bond acceptors (Lipinski definition) is 1. The van der Waals surface area contributed by atoms with Crippen molar-refractivity contribution in [1.29, 1.82) is 0 Å². The van der Waals surface area contributed by atoms with Gasteiger partial charge in [-0.2, -0.15) is 0 Å². The SMILES string of the molecule is C=C(C[Si](C)(C)C)SC. The zero-order chi connectivity index (χ0) is 7.49. The molecule has 0 aromatic carbocycles. The van der Waals surface area contributed by atoms with Gasteiger partial charge in [0.1, 0.15) is 0 Å². The molecule has 0 atom stereocenters. The van der Waals surface area contributed by atoms with Gasteiger partial charge in [-0.15, -0.1) is 11.8 Å². The Morgan fingerprint density at radius 3 is 2.00 bits per heavy atom. The molecule has 0 N–H and O–H groups in total. The summed E-state index contributed by atoms with van der Waals surface area (Å²) in [4.78, 5) is 1.34. The van der Waals surface area contributed by atoms with Gasteiger partial charge in [0, 0.05) is 8.07 Å². The number of thioether (sulfide) groups is 1. The van der Waals surface area contributed by atoms with Crippen LogP contribution in [0, 0.1) is 0 Å². The third-order valence-electron chi connectivity index (χ3n) is 1.02. The van der Waals surface area contributed by atoms with Crippen molar-refractivity contribution in [2.75, 3.05) is 6.26 Å². The summed E-state index contributed by atoms with van der Waals surface area (Å²) in [5.74, 6) is 0. The maximum Gasteiger partial charge on any atom is 0.0493 e. The molecule has 0 fully saturated rings. The molecule has 0 aliphatic carbocycles. The number of rotatable bonds is 3. The minimum absolute atomic E-state index is 0.862. The summed E-state index contributed by atoms with van der Waals surface area (Å²) in [6.45, 7) is 11.1. The lowest BCUT2D eigenvalue weighted by atomic mass is 10.7. The fraction of sp³-hybridized carbons (Fsp3) is 0.714. The molecule has 0 saturated heterocycles. The molecule has 2 heteroatoms. The molecular weight excluding hydrogens is 144 g/mol. The first kappa shape index (κ1) is 9.31. The normalized spacial score (nSPS) is 11.6. The van der Waals surface area contributed by atoms with Crippen LogP contribution in [0.15, 0.2) is 11.5 Å². The lowest BCUT2D eigenvalue weighted by Crippen LogP contribution is -2.18. The molecule has 0 aliphatic rings. The van der Waals surface area contributed by atoms with Gasteiger partial charge in [-0.3, -0.25) is 0 Å². The predicted octanol–water partition coefficient (Wildman–Crippen LogP) is 3.20. The van der Waals surface area contributed by atoms with Gasteiger partial charge >= 0.3 is 0 Å². The Kier molecular flexibility index (Phi) is 3.59. The molecular formula is C7H16SSi. The zero-order valence-corrected chi connectivity index (χ0v) is 8.64. The van der Waals surface area contributed by atoms with Crippen LogP contribution < -0.4 is 0 Å². The highest BCUT2D eigenvalue weighted by atomic mass is 32.2. The first-order chi connectivity index (χ1) is 3.95. The van der Waals surface area contributed by atoms with Gasteiger partial charge in [-0.25, -0.2) is 0 Å². The molecule has 0 spiro atoms. The fourth-order valence-electron chi connectivity index (χ4n) is 0.664. The predicted molar refractivity (Wildman–Crippen MR) is 50.8 cm³/mol. The van der Waals surface area contributed by atoms with E-state index in [1.807, 2.05) is 0 Å². The second kappa shape index (κ2) is 3.47. The largest absolute Gasteiger partial charge is 0.135 e. The maximum atomic E-state index is 3.96. The first-order valence-corrected chi connectivity index (χ1v) is 8.10. The van der Waals surface area contributed by atoms with Crippen LogP contribution in [0.5, 0.6) is 0 Å². The van der Waals surface area contributed by atoms with Gasteiger partial charge in [0.05, 0.1) is 0 Å². The second-order valence-corrected chi connectivity index (χ2v) is 9.94. The van der Waals surface area contributed by atoms with E-state index in [-0.39, 0.29) is 0 Å². The lowest BCUT2D eigenvalue weighted by Gasteiger charge is -2.15. The minimum atomic E-state index is -0.862. The number of allylic oxidation sites excluding steroid dienone is 1. The average molecular weight is 160 g/mol. The monoisotopic (exact) mass is 160 g/mol. The highest BCUT2D eigenvalue weighted by Gasteiger charge is 2.13. The molecule has 0 rings (SSSR count). The summed E-state index contributed by atoms with van der Waals surface area (Å²) in [6, 6.07) is 1.26. The van der Waals surface area contributed by atoms with Gasteiger partial charge in [-0.05, 0) is 17.2 Å². The van der Waals surface area contributed by atoms with Crippen LogP contribution in [-0.4, -0.2) is 14.3 Å². The number of hydrogen-bond donors (Lipinski definition) is 0. The zero-order valence-electron chi connectivity index (χ0n) is 6.82. The van der Waals surface area contributed by atoms with Crippen LogP contribution in [-0.2, 0) is 0 Å². The van der Waals surface area contributed by atoms with Gasteiger partial charge in [-0.1, -0.05) is 26.2 Å². The van der Waals surface area contributed by atoms with Crippen molar-refractivity contribution in [2.45, 2.75) is 25.7 Å². The molecule has 0 aromatic heterocycles. The Morgan fingerprint density at radius 1 is 1.44 bits per heavy atom. The molecule has 54 valence electrons. The molecule has 0 radical (unpaired) electrons. The molecule has 0 bridgehead atoms. The third kappa shape index (κ3) is 6.19. The standard InChI is InChI=1S/C7H16SSi/c1-7(8-2)6-9(3,4)5/h1,6H2,2-5H3. The Bertz CT molecular complexity index is 102. The highest BCUT2D eigenvalue weighted by Crippen LogP contribution is 2.21. The molecule has 0 amide bonds. The molecule has 0 unspecified atom stereocenters. The van der Waals surface area contributed by atoms with Crippen molar-refractivity contribution in [3.05, 3.63) is 11.5 Å². The van der Waals surface area contributed by atoms with E-state index in [4.69, 9.17) is 0 Å². The molecule has 0 saturated carbocycles. The molecule has 0 aromatic rings. The molecule has 0 nitrogen and oxygen atoms in total. The lowest BCUT2D eigenvalue weighted by molar-refractivity contribution is 1.50. The van der Waals surface area contributed by atoms with E-state index >= 15 is 0 Å². The van der Waals surface area contributed by atoms with Gasteiger partial charge in [0.2, 0.25) is 0 Å². The van der Waals surface area contributed by atoms with Crippen molar-refractivity contribution < 1.29 is 0 Å². The van der Waals surface area contributed by atoms with E-state index in [1.54, 1.807) is 11.8 Å². The van der Waals surface area contributed by atoms with Crippen LogP contribution >= 0.6 is 11.8 Å². The van der Waals surface area contributed by atoms with Crippen molar-refractivity contribution in [3.63, 3.8) is 0 Å². The van der Waals surface area contributed by atoms with Crippen LogP contribution in [0.2, 0.25) is 25.7 Å². The Morgan fingerprint density at radius 2 is 1.89 bits per heavy atom. The van der Waals surface area contributed by atoms with Crippen molar-refractivity contribution in [3.8, 4) is 0 Å². The smallest absolute Gasteiger partial charge is 0.0493 e. The Balaban J connectivity index is 3.60. The van der Waals surface area contributed by atoms with E-state index in [1.165, 1.54) is 10.9 Å². The van der Waals surface area contributed by atoms with Gasteiger partial charge in [0.25, 0.3) is 0 Å². The topological polar surface area (TPSA) is 0 Å². The highest BCUT2D eigenvalue weighted by molar-refractivity contribution is 8.02. The van der Waals surface area contributed by atoms with Crippen LogP contribution in [0.25, 0.3) is 0 Å². The van der Waals surface area contributed by atoms with E-state index < -0.39 is 8.07 Å². The van der Waals surface area contributed by atoms with Crippen LogP contribution in [0.1, 0.15) is 0 Å². The minimum Gasteiger partial charge on any atom is -0.135 e. The van der Waals surface area contributed by atoms with Gasteiger partial charge in [0.15, 0.2) is 0 Å². The van der Waals surface area contributed by atoms with Crippen LogP contribution in [0.3, 0.4) is 0 Å². The summed E-state index contributed by atoms with van der Waals surface area (Å²) in [5, 5.41) is 0. The van der Waals surface area contributed by atoms with E-state index in [2.05, 4.69) is 32.5 Å². The van der Waals surface area contributed by atoms with Crippen LogP contribution in [0.4, 0.5) is 0 Å². The summed E-state index contributed by atoms with van der Waals surface area (Å²) < 4.78 is 0. The van der Waals surface area contributed by atoms with Crippen molar-refractivity contribution in [2.24, 2.45) is 0 Å². The first-order valence-electron chi connectivity index (χ1n) is 3.17. The Labute approximate surface area is 63.7 Å². The third-order valence-corrected chi connectivity index (χ3v) is 3.48. The molecule has 0 heterocycles. The van der Waals surface area contributed by atoms with Gasteiger partial charge < -0.3 is 0 Å². The maximum absolute atomic E-state index is 3.96. The summed E-state index contributed by atoms with van der Waals surface area (Å²) >= 11 is 1.79. The average Bonchev–Trinajstić information content (AvgIpc) is 1.62. The van der Waals surface area contributed by atoms with Crippen molar-refractivity contribution >= 4 is 19.8 Å². The Hall–Kier alpha value is 0.307. The quantitative estimate of drug-likeness (QED) is 0.571. The molecule has 0 aliphatic heterocycles. The second-order valence-electron chi connectivity index (χ2n) is 3.48. The summed E-state index contributed by atoms with van der Waals surface area (Å²) in [5.41, 5.74) is 0. The van der Waals surface area contributed by atoms with E-state index in [9.17, 15) is 0 Å². The summed E-state index contributed by atoms with van der Waals surface area (Å²) in [6.07, 6.45) is 2.10. The van der Waals surface area contributed by atoms with E-state index in [0.717, 1.165) is 0 Å². The van der Waals surface area contributed by atoms with E-state index in [0.29, 0.717) is 0 Å². The molecule has 9 heavy (non-hydrogen) atoms. The van der Waals surface area contributed by atoms with Crippen molar-refractivity contribution in [1.82, 2.24) is 0 Å². The fourth-order valence-corrected chi connectivity index (χ4v) is 3.72.